The summed E-state index contributed by atoms with van der Waals surface area (Å²) in [6.07, 6.45) is 8.12. The van der Waals surface area contributed by atoms with Gasteiger partial charge in [0.05, 0.1) is 12.7 Å². The number of carbonyl (C=O) groups is 1. The average Bonchev–Trinajstić information content (AvgIpc) is 3.12. The zero-order valence-corrected chi connectivity index (χ0v) is 16.7. The number of amides is 1. The molecular weight excluding hydrogens is 348 g/mol. The molecule has 3 unspecified atom stereocenters. The first-order valence-corrected chi connectivity index (χ1v) is 9.90. The molecule has 2 fully saturated rings. The van der Waals surface area contributed by atoms with Crippen LogP contribution in [-0.4, -0.2) is 25.1 Å². The molecule has 0 aromatic heterocycles. The van der Waals surface area contributed by atoms with Crippen molar-refractivity contribution in [3.8, 4) is 0 Å². The van der Waals surface area contributed by atoms with Crippen LogP contribution in [0.4, 0.5) is 5.69 Å². The number of ether oxygens (including phenoxy) is 1. The first-order valence-electron chi connectivity index (χ1n) is 9.90. The lowest BCUT2D eigenvalue weighted by Gasteiger charge is -2.26. The van der Waals surface area contributed by atoms with Crippen molar-refractivity contribution in [2.75, 3.05) is 18.4 Å². The molecular formula is C21H33ClN2O2. The number of halogens is 1. The molecule has 0 spiro atoms. The highest BCUT2D eigenvalue weighted by Crippen LogP contribution is 2.26. The average molecular weight is 381 g/mol. The Hall–Kier alpha value is -1.10. The molecule has 1 saturated carbocycles. The quantitative estimate of drug-likeness (QED) is 0.730. The van der Waals surface area contributed by atoms with E-state index >= 15 is 0 Å². The fraction of sp³-hybridized carbons (Fsp3) is 0.667. The van der Waals surface area contributed by atoms with Crippen molar-refractivity contribution in [1.82, 2.24) is 5.32 Å². The van der Waals surface area contributed by atoms with Gasteiger partial charge in [0.1, 0.15) is 0 Å². The minimum absolute atomic E-state index is 0. The first-order chi connectivity index (χ1) is 12.2. The van der Waals surface area contributed by atoms with Gasteiger partial charge in [-0.15, -0.1) is 12.4 Å². The minimum Gasteiger partial charge on any atom is -0.374 e. The third kappa shape index (κ3) is 6.90. The second-order valence-electron chi connectivity index (χ2n) is 7.85. The molecule has 0 radical (unpaired) electrons. The predicted octanol–water partition coefficient (Wildman–Crippen LogP) is 4.53. The normalized spacial score (nSPS) is 25.5. The largest absolute Gasteiger partial charge is 0.374 e. The molecule has 2 N–H and O–H groups in total. The van der Waals surface area contributed by atoms with Crippen molar-refractivity contribution in [3.05, 3.63) is 29.8 Å². The van der Waals surface area contributed by atoms with E-state index in [0.29, 0.717) is 25.0 Å². The maximum Gasteiger partial charge on any atom is 0.224 e. The molecule has 0 bridgehead atoms. The van der Waals surface area contributed by atoms with Gasteiger partial charge in [0.15, 0.2) is 0 Å². The Bertz CT molecular complexity index is 561. The molecule has 1 aliphatic heterocycles. The van der Waals surface area contributed by atoms with Crippen LogP contribution < -0.4 is 10.6 Å². The van der Waals surface area contributed by atoms with Gasteiger partial charge in [-0.1, -0.05) is 31.9 Å². The molecule has 1 saturated heterocycles. The molecule has 2 aliphatic rings. The summed E-state index contributed by atoms with van der Waals surface area (Å²) in [4.78, 5) is 12.2. The molecule has 4 nitrogen and oxygen atoms in total. The van der Waals surface area contributed by atoms with Crippen LogP contribution in [0.25, 0.3) is 0 Å². The van der Waals surface area contributed by atoms with Crippen molar-refractivity contribution >= 4 is 24.0 Å². The van der Waals surface area contributed by atoms with Crippen LogP contribution in [0.2, 0.25) is 0 Å². The molecule has 5 heteroatoms. The highest BCUT2D eigenvalue weighted by Gasteiger charge is 2.19. The van der Waals surface area contributed by atoms with Gasteiger partial charge in [-0.3, -0.25) is 4.79 Å². The van der Waals surface area contributed by atoms with Gasteiger partial charge in [-0.05, 0) is 68.3 Å². The van der Waals surface area contributed by atoms with E-state index in [0.717, 1.165) is 36.7 Å². The molecule has 26 heavy (non-hydrogen) atoms. The second kappa shape index (κ2) is 10.9. The Morgan fingerprint density at radius 2 is 2.19 bits per heavy atom. The van der Waals surface area contributed by atoms with E-state index in [9.17, 15) is 4.79 Å². The van der Waals surface area contributed by atoms with Crippen molar-refractivity contribution < 1.29 is 9.53 Å². The summed E-state index contributed by atoms with van der Waals surface area (Å²) in [6.45, 7) is 5.09. The third-order valence-electron chi connectivity index (χ3n) is 5.53. The van der Waals surface area contributed by atoms with E-state index in [1.807, 2.05) is 18.2 Å². The standard InChI is InChI=1S/C21H32N2O2.ClH/c1-16-4-2-7-20(12-16)25-15-18-5-3-6-19(13-18)23-21(24)9-8-17-10-11-22-14-17;/h3,5-6,13,16-17,20,22H,2,4,7-12,14-15H2,1H3,(H,23,24);1H. The van der Waals surface area contributed by atoms with Gasteiger partial charge in [0.25, 0.3) is 0 Å². The van der Waals surface area contributed by atoms with Crippen molar-refractivity contribution in [2.45, 2.75) is 64.6 Å². The van der Waals surface area contributed by atoms with E-state index in [2.05, 4.69) is 23.6 Å². The Kier molecular flexibility index (Phi) is 8.89. The number of rotatable bonds is 7. The Morgan fingerprint density at radius 1 is 1.31 bits per heavy atom. The van der Waals surface area contributed by atoms with Crippen LogP contribution in [0.1, 0.15) is 57.4 Å². The van der Waals surface area contributed by atoms with Gasteiger partial charge < -0.3 is 15.4 Å². The second-order valence-corrected chi connectivity index (χ2v) is 7.85. The van der Waals surface area contributed by atoms with E-state index in [-0.39, 0.29) is 18.3 Å². The zero-order chi connectivity index (χ0) is 17.5. The lowest BCUT2D eigenvalue weighted by molar-refractivity contribution is -0.116. The molecule has 1 aromatic carbocycles. The van der Waals surface area contributed by atoms with Crippen LogP contribution in [0.15, 0.2) is 24.3 Å². The van der Waals surface area contributed by atoms with Gasteiger partial charge in [0, 0.05) is 12.1 Å². The number of carbonyl (C=O) groups excluding carboxylic acids is 1. The van der Waals surface area contributed by atoms with Crippen LogP contribution in [-0.2, 0) is 16.1 Å². The van der Waals surface area contributed by atoms with E-state index in [1.54, 1.807) is 0 Å². The summed E-state index contributed by atoms with van der Waals surface area (Å²) >= 11 is 0. The van der Waals surface area contributed by atoms with Gasteiger partial charge in [0.2, 0.25) is 5.91 Å². The summed E-state index contributed by atoms with van der Waals surface area (Å²) in [5.74, 6) is 1.55. The predicted molar refractivity (Wildman–Crippen MR) is 109 cm³/mol. The lowest BCUT2D eigenvalue weighted by atomic mass is 9.89. The lowest BCUT2D eigenvalue weighted by Crippen LogP contribution is -2.21. The molecule has 146 valence electrons. The van der Waals surface area contributed by atoms with Crippen LogP contribution >= 0.6 is 12.4 Å². The van der Waals surface area contributed by atoms with Gasteiger partial charge in [-0.25, -0.2) is 0 Å². The topological polar surface area (TPSA) is 50.4 Å². The maximum atomic E-state index is 12.2. The Morgan fingerprint density at radius 3 is 2.96 bits per heavy atom. The molecule has 3 atom stereocenters. The van der Waals surface area contributed by atoms with E-state index < -0.39 is 0 Å². The number of nitrogens with one attached hydrogen (secondary N) is 2. The fourth-order valence-electron chi connectivity index (χ4n) is 4.00. The van der Waals surface area contributed by atoms with Crippen LogP contribution in [0.5, 0.6) is 0 Å². The summed E-state index contributed by atoms with van der Waals surface area (Å²) < 4.78 is 6.09. The SMILES string of the molecule is CC1CCCC(OCc2cccc(NC(=O)CCC3CCNC3)c2)C1.Cl. The number of benzene rings is 1. The van der Waals surface area contributed by atoms with Crippen LogP contribution in [0, 0.1) is 11.8 Å². The van der Waals surface area contributed by atoms with Gasteiger partial charge in [-0.2, -0.15) is 0 Å². The van der Waals surface area contributed by atoms with E-state index in [4.69, 9.17) is 4.74 Å². The number of hydrogen-bond acceptors (Lipinski definition) is 3. The first kappa shape index (κ1) is 21.2. The molecule has 1 amide bonds. The van der Waals surface area contributed by atoms with E-state index in [1.165, 1.54) is 32.1 Å². The number of anilines is 1. The highest BCUT2D eigenvalue weighted by molar-refractivity contribution is 5.90. The van der Waals surface area contributed by atoms with Crippen molar-refractivity contribution in [3.63, 3.8) is 0 Å². The monoisotopic (exact) mass is 380 g/mol. The number of hydrogen-bond donors (Lipinski definition) is 2. The smallest absolute Gasteiger partial charge is 0.224 e. The molecule has 1 aromatic rings. The fourth-order valence-corrected chi connectivity index (χ4v) is 4.00. The molecule has 1 aliphatic carbocycles. The van der Waals surface area contributed by atoms with Gasteiger partial charge >= 0.3 is 0 Å². The summed E-state index contributed by atoms with van der Waals surface area (Å²) in [7, 11) is 0. The Labute approximate surface area is 163 Å². The summed E-state index contributed by atoms with van der Waals surface area (Å²) in [5.41, 5.74) is 2.02. The summed E-state index contributed by atoms with van der Waals surface area (Å²) in [6, 6.07) is 8.08. The third-order valence-corrected chi connectivity index (χ3v) is 5.53. The van der Waals surface area contributed by atoms with Crippen LogP contribution in [0.3, 0.4) is 0 Å². The van der Waals surface area contributed by atoms with Crippen molar-refractivity contribution in [1.29, 1.82) is 0 Å². The molecule has 3 rings (SSSR count). The zero-order valence-electron chi connectivity index (χ0n) is 15.8. The summed E-state index contributed by atoms with van der Waals surface area (Å²) in [5, 5.41) is 6.39. The highest BCUT2D eigenvalue weighted by atomic mass is 35.5. The minimum atomic E-state index is 0. The maximum absolute atomic E-state index is 12.2. The molecule has 1 heterocycles. The van der Waals surface area contributed by atoms with Crippen molar-refractivity contribution in [2.24, 2.45) is 11.8 Å². The Balaban J connectivity index is 0.00000243.